The quantitative estimate of drug-likeness (QED) is 0.852. The van der Waals surface area contributed by atoms with Crippen LogP contribution >= 0.6 is 11.3 Å². The fraction of sp³-hybridized carbons (Fsp3) is 0.357. The molecule has 0 atom stereocenters. The van der Waals surface area contributed by atoms with Gasteiger partial charge >= 0.3 is 0 Å². The van der Waals surface area contributed by atoms with Crippen LogP contribution in [0.2, 0.25) is 0 Å². The van der Waals surface area contributed by atoms with E-state index in [1.807, 2.05) is 32.3 Å². The summed E-state index contributed by atoms with van der Waals surface area (Å²) in [6, 6.07) is 3.73. The van der Waals surface area contributed by atoms with Crippen molar-refractivity contribution in [3.63, 3.8) is 0 Å². The average molecular weight is 325 g/mol. The Balaban J connectivity index is 2.30. The van der Waals surface area contributed by atoms with Gasteiger partial charge in [-0.1, -0.05) is 6.07 Å². The summed E-state index contributed by atoms with van der Waals surface area (Å²) in [6.07, 6.45) is 0. The molecule has 0 saturated heterocycles. The Morgan fingerprint density at radius 3 is 2.62 bits per heavy atom. The highest BCUT2D eigenvalue weighted by Gasteiger charge is 2.19. The highest BCUT2D eigenvalue weighted by atomic mass is 32.2. The van der Waals surface area contributed by atoms with Gasteiger partial charge < -0.3 is 5.32 Å². The number of benzene rings is 1. The molecule has 0 radical (unpaired) electrons. The third-order valence-corrected chi connectivity index (χ3v) is 5.44. The smallest absolute Gasteiger partial charge is 0.241 e. The summed E-state index contributed by atoms with van der Waals surface area (Å²) >= 11 is 1.45. The third-order valence-electron chi connectivity index (χ3n) is 3.28. The normalized spacial score (nSPS) is 11.8. The van der Waals surface area contributed by atoms with Crippen molar-refractivity contribution in [3.05, 3.63) is 45.4 Å². The minimum atomic E-state index is -3.54. The summed E-state index contributed by atoms with van der Waals surface area (Å²) in [7, 11) is -1.71. The predicted molar refractivity (Wildman–Crippen MR) is 84.8 cm³/mol. The molecule has 2 aromatic rings. The van der Waals surface area contributed by atoms with Crippen LogP contribution in [0.4, 0.5) is 0 Å². The second-order valence-corrected chi connectivity index (χ2v) is 7.32. The Morgan fingerprint density at radius 1 is 1.24 bits per heavy atom. The molecule has 2 N–H and O–H groups in total. The van der Waals surface area contributed by atoms with Crippen LogP contribution in [0.15, 0.2) is 27.9 Å². The molecule has 0 spiro atoms. The van der Waals surface area contributed by atoms with E-state index < -0.39 is 10.0 Å². The molecule has 5 nitrogen and oxygen atoms in total. The van der Waals surface area contributed by atoms with Crippen LogP contribution in [0.5, 0.6) is 0 Å². The van der Waals surface area contributed by atoms with E-state index >= 15 is 0 Å². The van der Waals surface area contributed by atoms with Gasteiger partial charge in [0, 0.05) is 11.9 Å². The van der Waals surface area contributed by atoms with Crippen molar-refractivity contribution >= 4 is 21.4 Å². The molecule has 114 valence electrons. The molecule has 21 heavy (non-hydrogen) atoms. The summed E-state index contributed by atoms with van der Waals surface area (Å²) in [4.78, 5) is 4.42. The van der Waals surface area contributed by atoms with Crippen LogP contribution in [-0.4, -0.2) is 20.4 Å². The molecule has 1 heterocycles. The van der Waals surface area contributed by atoms with Crippen molar-refractivity contribution in [2.24, 2.45) is 0 Å². The monoisotopic (exact) mass is 325 g/mol. The largest absolute Gasteiger partial charge is 0.316 e. The van der Waals surface area contributed by atoms with Gasteiger partial charge in [0.15, 0.2) is 0 Å². The topological polar surface area (TPSA) is 71.1 Å². The average Bonchev–Trinajstić information content (AvgIpc) is 2.94. The maximum atomic E-state index is 12.5. The van der Waals surface area contributed by atoms with E-state index in [0.717, 1.165) is 22.4 Å². The number of hydrogen-bond acceptors (Lipinski definition) is 5. The zero-order chi connectivity index (χ0) is 15.5. The lowest BCUT2D eigenvalue weighted by atomic mass is 10.1. The predicted octanol–water partition coefficient (Wildman–Crippen LogP) is 1.96. The molecule has 0 saturated carbocycles. The molecule has 0 bridgehead atoms. The standard InChI is InChI=1S/C14H19N3O2S2/c1-10-4-12(6-15-3)5-14(11(10)2)21(18,19)17-7-13-8-20-9-16-13/h4-5,8-9,15,17H,6-7H2,1-3H3. The van der Waals surface area contributed by atoms with Crippen molar-refractivity contribution in [2.45, 2.75) is 31.8 Å². The molecule has 0 fully saturated rings. The number of hydrogen-bond donors (Lipinski definition) is 2. The summed E-state index contributed by atoms with van der Waals surface area (Å²) in [5.74, 6) is 0. The van der Waals surface area contributed by atoms with Crippen LogP contribution in [0.25, 0.3) is 0 Å². The molecule has 7 heteroatoms. The Kier molecular flexibility index (Phi) is 5.10. The number of nitrogens with zero attached hydrogens (tertiary/aromatic N) is 1. The van der Waals surface area contributed by atoms with E-state index in [4.69, 9.17) is 0 Å². The first-order chi connectivity index (χ1) is 9.94. The van der Waals surface area contributed by atoms with Crippen molar-refractivity contribution < 1.29 is 8.42 Å². The molecular weight excluding hydrogens is 306 g/mol. The zero-order valence-corrected chi connectivity index (χ0v) is 13.9. The van der Waals surface area contributed by atoms with Gasteiger partial charge in [0.05, 0.1) is 22.6 Å². The lowest BCUT2D eigenvalue weighted by Crippen LogP contribution is -2.24. The van der Waals surface area contributed by atoms with Gasteiger partial charge in [-0.05, 0) is 43.7 Å². The van der Waals surface area contributed by atoms with Crippen LogP contribution in [0, 0.1) is 13.8 Å². The Bertz CT molecular complexity index is 710. The number of nitrogens with one attached hydrogen (secondary N) is 2. The molecular formula is C14H19N3O2S2. The fourth-order valence-corrected chi connectivity index (χ4v) is 3.98. The van der Waals surface area contributed by atoms with E-state index in [9.17, 15) is 8.42 Å². The van der Waals surface area contributed by atoms with Crippen LogP contribution in [-0.2, 0) is 23.1 Å². The van der Waals surface area contributed by atoms with E-state index in [0.29, 0.717) is 11.4 Å². The van der Waals surface area contributed by atoms with E-state index in [1.54, 1.807) is 11.6 Å². The number of aromatic nitrogens is 1. The van der Waals surface area contributed by atoms with E-state index in [-0.39, 0.29) is 6.54 Å². The van der Waals surface area contributed by atoms with Gasteiger partial charge in [-0.25, -0.2) is 18.1 Å². The molecule has 0 aliphatic carbocycles. The molecule has 2 rings (SSSR count). The van der Waals surface area contributed by atoms with E-state index in [1.165, 1.54) is 11.3 Å². The highest BCUT2D eigenvalue weighted by Crippen LogP contribution is 2.21. The molecule has 0 unspecified atom stereocenters. The first kappa shape index (κ1) is 16.1. The molecule has 0 amide bonds. The van der Waals surface area contributed by atoms with Crippen molar-refractivity contribution in [3.8, 4) is 0 Å². The molecule has 1 aromatic carbocycles. The highest BCUT2D eigenvalue weighted by molar-refractivity contribution is 7.89. The van der Waals surface area contributed by atoms with Crippen molar-refractivity contribution in [1.82, 2.24) is 15.0 Å². The summed E-state index contributed by atoms with van der Waals surface area (Å²) in [5.41, 5.74) is 5.11. The van der Waals surface area contributed by atoms with Gasteiger partial charge in [0.2, 0.25) is 10.0 Å². The minimum Gasteiger partial charge on any atom is -0.316 e. The zero-order valence-electron chi connectivity index (χ0n) is 12.3. The number of rotatable bonds is 6. The maximum Gasteiger partial charge on any atom is 0.241 e. The van der Waals surface area contributed by atoms with Gasteiger partial charge in [0.1, 0.15) is 0 Å². The molecule has 0 aliphatic rings. The van der Waals surface area contributed by atoms with Crippen molar-refractivity contribution in [2.75, 3.05) is 7.05 Å². The SMILES string of the molecule is CNCc1cc(C)c(C)c(S(=O)(=O)NCc2cscn2)c1. The summed E-state index contributed by atoms with van der Waals surface area (Å²) in [5, 5.41) is 4.87. The first-order valence-electron chi connectivity index (χ1n) is 6.55. The van der Waals surface area contributed by atoms with Gasteiger partial charge in [-0.15, -0.1) is 11.3 Å². The van der Waals surface area contributed by atoms with Gasteiger partial charge in [-0.2, -0.15) is 0 Å². The minimum absolute atomic E-state index is 0.209. The van der Waals surface area contributed by atoms with Gasteiger partial charge in [0.25, 0.3) is 0 Å². The van der Waals surface area contributed by atoms with E-state index in [2.05, 4.69) is 15.0 Å². The Labute approximate surface area is 129 Å². The summed E-state index contributed by atoms with van der Waals surface area (Å²) < 4.78 is 27.6. The van der Waals surface area contributed by atoms with Gasteiger partial charge in [-0.3, -0.25) is 0 Å². The Hall–Kier alpha value is -1.28. The van der Waals surface area contributed by atoms with Crippen LogP contribution in [0.3, 0.4) is 0 Å². The lowest BCUT2D eigenvalue weighted by molar-refractivity contribution is 0.579. The van der Waals surface area contributed by atoms with Crippen molar-refractivity contribution in [1.29, 1.82) is 0 Å². The third kappa shape index (κ3) is 3.88. The first-order valence-corrected chi connectivity index (χ1v) is 8.98. The van der Waals surface area contributed by atoms with Crippen LogP contribution < -0.4 is 10.0 Å². The number of sulfonamides is 1. The second-order valence-electron chi connectivity index (χ2n) is 4.87. The fourth-order valence-electron chi connectivity index (χ4n) is 2.06. The maximum absolute atomic E-state index is 12.5. The Morgan fingerprint density at radius 2 is 2.00 bits per heavy atom. The van der Waals surface area contributed by atoms with Crippen LogP contribution in [0.1, 0.15) is 22.4 Å². The number of thiazole rings is 1. The second kappa shape index (κ2) is 6.65. The molecule has 1 aromatic heterocycles. The molecule has 0 aliphatic heterocycles. The lowest BCUT2D eigenvalue weighted by Gasteiger charge is -2.13. The summed E-state index contributed by atoms with van der Waals surface area (Å²) in [6.45, 7) is 4.60. The number of aryl methyl sites for hydroxylation is 1.